The van der Waals surface area contributed by atoms with Crippen molar-refractivity contribution >= 4 is 23.0 Å². The molecule has 1 aromatic heterocycles. The van der Waals surface area contributed by atoms with Crippen LogP contribution in [0.1, 0.15) is 45.1 Å². The molecule has 1 aromatic carbocycles. The van der Waals surface area contributed by atoms with Gasteiger partial charge in [-0.2, -0.15) is 0 Å². The standard InChI is InChI=1S/C19H24N2O4/c1-19(2,3)25-18(24)21-11-6-8-15(17(22)23)13-10-12-20-16-9-5-4-7-14(13)16/h4-5,7,9-10,12,15H,6,8,11H2,1-3H3,(H,21,24)(H,22,23). The first-order chi connectivity index (χ1) is 11.8. The van der Waals surface area contributed by atoms with E-state index < -0.39 is 23.6 Å². The van der Waals surface area contributed by atoms with E-state index in [1.165, 1.54) is 0 Å². The average molecular weight is 344 g/mol. The molecule has 6 heteroatoms. The number of carboxylic acids is 1. The van der Waals surface area contributed by atoms with E-state index in [9.17, 15) is 14.7 Å². The number of nitrogens with one attached hydrogen (secondary N) is 1. The zero-order valence-corrected chi connectivity index (χ0v) is 14.8. The minimum absolute atomic E-state index is 0.363. The Hall–Kier alpha value is -2.63. The zero-order chi connectivity index (χ0) is 18.4. The Labute approximate surface area is 147 Å². The number of rotatable bonds is 6. The number of hydrogen-bond donors (Lipinski definition) is 2. The predicted octanol–water partition coefficient (Wildman–Crippen LogP) is 3.71. The van der Waals surface area contributed by atoms with Crippen molar-refractivity contribution in [2.45, 2.75) is 45.1 Å². The fourth-order valence-electron chi connectivity index (χ4n) is 2.64. The Kier molecular flexibility index (Phi) is 5.96. The number of para-hydroxylation sites is 1. The molecule has 6 nitrogen and oxygen atoms in total. The maximum atomic E-state index is 11.7. The van der Waals surface area contributed by atoms with E-state index in [1.54, 1.807) is 33.0 Å². The highest BCUT2D eigenvalue weighted by Gasteiger charge is 2.22. The summed E-state index contributed by atoms with van der Waals surface area (Å²) in [6.45, 7) is 5.74. The van der Waals surface area contributed by atoms with Gasteiger partial charge in [-0.05, 0) is 51.3 Å². The number of fused-ring (bicyclic) bond motifs is 1. The summed E-state index contributed by atoms with van der Waals surface area (Å²) in [6.07, 6.45) is 2.09. The van der Waals surface area contributed by atoms with Gasteiger partial charge in [0.15, 0.2) is 0 Å². The van der Waals surface area contributed by atoms with E-state index in [4.69, 9.17) is 4.74 Å². The highest BCUT2D eigenvalue weighted by molar-refractivity contribution is 5.88. The second kappa shape index (κ2) is 7.96. The lowest BCUT2D eigenvalue weighted by atomic mass is 9.92. The van der Waals surface area contributed by atoms with Gasteiger partial charge in [0, 0.05) is 18.1 Å². The number of alkyl carbamates (subject to hydrolysis) is 1. The van der Waals surface area contributed by atoms with Gasteiger partial charge in [0.1, 0.15) is 5.60 Å². The van der Waals surface area contributed by atoms with Crippen molar-refractivity contribution in [1.82, 2.24) is 10.3 Å². The van der Waals surface area contributed by atoms with E-state index in [2.05, 4.69) is 10.3 Å². The largest absolute Gasteiger partial charge is 0.481 e. The zero-order valence-electron chi connectivity index (χ0n) is 14.8. The Bertz CT molecular complexity index is 747. The lowest BCUT2D eigenvalue weighted by Crippen LogP contribution is -2.33. The van der Waals surface area contributed by atoms with Gasteiger partial charge in [0.2, 0.25) is 0 Å². The summed E-state index contributed by atoms with van der Waals surface area (Å²) in [7, 11) is 0. The number of aromatic nitrogens is 1. The summed E-state index contributed by atoms with van der Waals surface area (Å²) in [5.74, 6) is -1.53. The predicted molar refractivity (Wildman–Crippen MR) is 95.6 cm³/mol. The van der Waals surface area contributed by atoms with Crippen LogP contribution in [-0.2, 0) is 9.53 Å². The molecule has 0 aliphatic heterocycles. The van der Waals surface area contributed by atoms with E-state index in [0.29, 0.717) is 19.4 Å². The molecule has 0 spiro atoms. The van der Waals surface area contributed by atoms with Gasteiger partial charge in [0.25, 0.3) is 0 Å². The number of benzene rings is 1. The monoisotopic (exact) mass is 344 g/mol. The van der Waals surface area contributed by atoms with E-state index >= 15 is 0 Å². The van der Waals surface area contributed by atoms with Gasteiger partial charge >= 0.3 is 12.1 Å². The summed E-state index contributed by atoms with van der Waals surface area (Å²) in [5, 5.41) is 13.1. The fourth-order valence-corrected chi connectivity index (χ4v) is 2.64. The topological polar surface area (TPSA) is 88.5 Å². The molecule has 0 aliphatic carbocycles. The molecule has 2 N–H and O–H groups in total. The van der Waals surface area contributed by atoms with Crippen LogP contribution in [-0.4, -0.2) is 34.3 Å². The summed E-state index contributed by atoms with van der Waals surface area (Å²) in [4.78, 5) is 27.6. The second-order valence-electron chi connectivity index (χ2n) is 6.88. The van der Waals surface area contributed by atoms with Crippen molar-refractivity contribution in [1.29, 1.82) is 0 Å². The van der Waals surface area contributed by atoms with Crippen LogP contribution >= 0.6 is 0 Å². The van der Waals surface area contributed by atoms with Crippen LogP contribution in [0.2, 0.25) is 0 Å². The SMILES string of the molecule is CC(C)(C)OC(=O)NCCCC(C(=O)O)c1ccnc2ccccc12. The minimum Gasteiger partial charge on any atom is -0.481 e. The molecule has 134 valence electrons. The van der Waals surface area contributed by atoms with Crippen LogP contribution in [0.4, 0.5) is 4.79 Å². The van der Waals surface area contributed by atoms with Crippen molar-refractivity contribution in [3.8, 4) is 0 Å². The van der Waals surface area contributed by atoms with E-state index in [-0.39, 0.29) is 0 Å². The number of nitrogens with zero attached hydrogens (tertiary/aromatic N) is 1. The Morgan fingerprint density at radius 2 is 1.96 bits per heavy atom. The number of carbonyl (C=O) groups is 2. The van der Waals surface area contributed by atoms with Crippen molar-refractivity contribution in [3.63, 3.8) is 0 Å². The average Bonchev–Trinajstić information content (AvgIpc) is 2.52. The Morgan fingerprint density at radius 1 is 1.24 bits per heavy atom. The van der Waals surface area contributed by atoms with E-state index in [1.807, 2.05) is 24.3 Å². The molecule has 1 amide bonds. The van der Waals surface area contributed by atoms with Crippen molar-refractivity contribution < 1.29 is 19.4 Å². The van der Waals surface area contributed by atoms with Gasteiger partial charge in [0.05, 0.1) is 11.4 Å². The summed E-state index contributed by atoms with van der Waals surface area (Å²) < 4.78 is 5.16. The molecule has 1 unspecified atom stereocenters. The number of pyridine rings is 1. The van der Waals surface area contributed by atoms with Crippen LogP contribution in [0.3, 0.4) is 0 Å². The Balaban J connectivity index is 2.00. The quantitative estimate of drug-likeness (QED) is 0.780. The molecule has 2 rings (SSSR count). The second-order valence-corrected chi connectivity index (χ2v) is 6.88. The third-order valence-electron chi connectivity index (χ3n) is 3.69. The third kappa shape index (κ3) is 5.45. The molecule has 0 fully saturated rings. The normalized spacial score (nSPS) is 12.6. The maximum Gasteiger partial charge on any atom is 0.407 e. The lowest BCUT2D eigenvalue weighted by Gasteiger charge is -2.20. The summed E-state index contributed by atoms with van der Waals surface area (Å²) >= 11 is 0. The molecule has 25 heavy (non-hydrogen) atoms. The number of carbonyl (C=O) groups excluding carboxylic acids is 1. The molecule has 1 heterocycles. The molecule has 0 aliphatic rings. The van der Waals surface area contributed by atoms with Crippen molar-refractivity contribution in [3.05, 3.63) is 42.1 Å². The van der Waals surface area contributed by atoms with Gasteiger partial charge in [-0.3, -0.25) is 9.78 Å². The van der Waals surface area contributed by atoms with Crippen LogP contribution in [0.5, 0.6) is 0 Å². The van der Waals surface area contributed by atoms with Crippen LogP contribution in [0.25, 0.3) is 10.9 Å². The summed E-state index contributed by atoms with van der Waals surface area (Å²) in [6, 6.07) is 9.24. The number of carboxylic acid groups (broad SMARTS) is 1. The number of ether oxygens (including phenoxy) is 1. The number of aliphatic carboxylic acids is 1. The maximum absolute atomic E-state index is 11.7. The van der Waals surface area contributed by atoms with Crippen LogP contribution in [0.15, 0.2) is 36.5 Å². The smallest absolute Gasteiger partial charge is 0.407 e. The molecule has 0 bridgehead atoms. The molecule has 0 radical (unpaired) electrons. The lowest BCUT2D eigenvalue weighted by molar-refractivity contribution is -0.138. The fraction of sp³-hybridized carbons (Fsp3) is 0.421. The van der Waals surface area contributed by atoms with Crippen LogP contribution < -0.4 is 5.32 Å². The first-order valence-electron chi connectivity index (χ1n) is 8.31. The van der Waals surface area contributed by atoms with Crippen molar-refractivity contribution in [2.24, 2.45) is 0 Å². The Morgan fingerprint density at radius 3 is 2.64 bits per heavy atom. The highest BCUT2D eigenvalue weighted by atomic mass is 16.6. The minimum atomic E-state index is -0.881. The van der Waals surface area contributed by atoms with Crippen LogP contribution in [0, 0.1) is 0 Å². The third-order valence-corrected chi connectivity index (χ3v) is 3.69. The van der Waals surface area contributed by atoms with Crippen molar-refractivity contribution in [2.75, 3.05) is 6.54 Å². The molecule has 1 atom stereocenters. The van der Waals surface area contributed by atoms with Gasteiger partial charge < -0.3 is 15.2 Å². The molecular formula is C19H24N2O4. The first-order valence-corrected chi connectivity index (χ1v) is 8.31. The van der Waals surface area contributed by atoms with E-state index in [0.717, 1.165) is 16.5 Å². The summed E-state index contributed by atoms with van der Waals surface area (Å²) in [5.41, 5.74) is 0.970. The highest BCUT2D eigenvalue weighted by Crippen LogP contribution is 2.28. The number of hydrogen-bond acceptors (Lipinski definition) is 4. The molecule has 0 saturated heterocycles. The molecular weight excluding hydrogens is 320 g/mol. The molecule has 2 aromatic rings. The molecule has 0 saturated carbocycles. The first kappa shape index (κ1) is 18.7. The van der Waals surface area contributed by atoms with Gasteiger partial charge in [-0.1, -0.05) is 18.2 Å². The number of amides is 1. The van der Waals surface area contributed by atoms with Gasteiger partial charge in [-0.25, -0.2) is 4.79 Å². The van der Waals surface area contributed by atoms with Gasteiger partial charge in [-0.15, -0.1) is 0 Å².